The number of nitrogens with zero attached hydrogens (tertiary/aromatic N) is 1. The Morgan fingerprint density at radius 3 is 2.78 bits per heavy atom. The first kappa shape index (κ1) is 15.4. The van der Waals surface area contributed by atoms with Gasteiger partial charge in [-0.15, -0.1) is 0 Å². The number of carboxylic acid groups (broad SMARTS) is 1. The molecule has 0 spiro atoms. The van der Waals surface area contributed by atoms with Crippen LogP contribution in [0.5, 0.6) is 0 Å². The maximum Gasteiger partial charge on any atom is 0.303 e. The summed E-state index contributed by atoms with van der Waals surface area (Å²) in [5.74, 6) is 0.208. The number of rotatable bonds is 8. The molecule has 5 nitrogen and oxygen atoms in total. The van der Waals surface area contributed by atoms with Crippen molar-refractivity contribution in [3.63, 3.8) is 0 Å². The predicted octanol–water partition coefficient (Wildman–Crippen LogP) is 0.998. The van der Waals surface area contributed by atoms with Crippen molar-refractivity contribution in [1.82, 2.24) is 4.90 Å². The minimum atomic E-state index is -2.85. The van der Waals surface area contributed by atoms with Gasteiger partial charge in [0.05, 0.1) is 5.75 Å². The summed E-state index contributed by atoms with van der Waals surface area (Å²) in [6, 6.07) is 0. The summed E-state index contributed by atoms with van der Waals surface area (Å²) in [6.45, 7) is 4.37. The second kappa shape index (κ2) is 7.09. The van der Waals surface area contributed by atoms with E-state index in [1.54, 1.807) is 6.92 Å². The summed E-state index contributed by atoms with van der Waals surface area (Å²) in [5.41, 5.74) is 0. The zero-order valence-corrected chi connectivity index (χ0v) is 11.8. The molecule has 6 heteroatoms. The van der Waals surface area contributed by atoms with E-state index in [4.69, 9.17) is 5.11 Å². The third kappa shape index (κ3) is 5.82. The first-order valence-electron chi connectivity index (χ1n) is 6.57. The quantitative estimate of drug-likeness (QED) is 0.716. The van der Waals surface area contributed by atoms with Crippen LogP contribution in [0.1, 0.15) is 32.6 Å². The van der Waals surface area contributed by atoms with Gasteiger partial charge in [-0.25, -0.2) is 8.42 Å². The normalized spacial score (nSPS) is 21.3. The number of aliphatic carboxylic acids is 1. The molecule has 1 aliphatic heterocycles. The van der Waals surface area contributed by atoms with E-state index in [1.165, 1.54) is 0 Å². The Labute approximate surface area is 109 Å². The maximum absolute atomic E-state index is 11.3. The molecule has 0 aromatic rings. The van der Waals surface area contributed by atoms with Gasteiger partial charge in [0.1, 0.15) is 9.84 Å². The fraction of sp³-hybridized carbons (Fsp3) is 0.917. The Hall–Kier alpha value is -0.620. The van der Waals surface area contributed by atoms with Gasteiger partial charge in [0.15, 0.2) is 0 Å². The Morgan fingerprint density at radius 2 is 2.17 bits per heavy atom. The van der Waals surface area contributed by atoms with Crippen molar-refractivity contribution in [3.05, 3.63) is 0 Å². The van der Waals surface area contributed by atoms with Gasteiger partial charge in [-0.2, -0.15) is 0 Å². The lowest BCUT2D eigenvalue weighted by molar-refractivity contribution is -0.137. The molecule has 0 aromatic carbocycles. The molecule has 1 unspecified atom stereocenters. The van der Waals surface area contributed by atoms with Gasteiger partial charge in [0.2, 0.25) is 0 Å². The van der Waals surface area contributed by atoms with Crippen LogP contribution in [-0.4, -0.2) is 55.5 Å². The van der Waals surface area contributed by atoms with Gasteiger partial charge in [-0.1, -0.05) is 6.92 Å². The summed E-state index contributed by atoms with van der Waals surface area (Å²) >= 11 is 0. The van der Waals surface area contributed by atoms with Crippen molar-refractivity contribution in [3.8, 4) is 0 Å². The highest BCUT2D eigenvalue weighted by Gasteiger charge is 2.22. The highest BCUT2D eigenvalue weighted by Crippen LogP contribution is 2.21. The molecule has 0 amide bonds. The van der Waals surface area contributed by atoms with E-state index in [1.807, 2.05) is 0 Å². The zero-order chi connectivity index (χ0) is 13.6. The largest absolute Gasteiger partial charge is 0.481 e. The third-order valence-corrected chi connectivity index (χ3v) is 5.30. The lowest BCUT2D eigenvalue weighted by atomic mass is 10.0. The van der Waals surface area contributed by atoms with Gasteiger partial charge in [0.25, 0.3) is 0 Å². The van der Waals surface area contributed by atoms with Crippen LogP contribution >= 0.6 is 0 Å². The molecule has 1 rings (SSSR count). The molecule has 0 bridgehead atoms. The van der Waals surface area contributed by atoms with Crippen LogP contribution in [0.4, 0.5) is 0 Å². The Kier molecular flexibility index (Phi) is 6.08. The first-order valence-corrected chi connectivity index (χ1v) is 8.39. The van der Waals surface area contributed by atoms with Crippen LogP contribution in [0.25, 0.3) is 0 Å². The van der Waals surface area contributed by atoms with Crippen molar-refractivity contribution < 1.29 is 18.3 Å². The molecule has 0 saturated carbocycles. The van der Waals surface area contributed by atoms with Crippen LogP contribution in [0.15, 0.2) is 0 Å². The second-order valence-electron chi connectivity index (χ2n) is 4.98. The monoisotopic (exact) mass is 277 g/mol. The highest BCUT2D eigenvalue weighted by molar-refractivity contribution is 7.91. The third-order valence-electron chi connectivity index (χ3n) is 3.51. The topological polar surface area (TPSA) is 74.7 Å². The average Bonchev–Trinajstić information content (AvgIpc) is 2.74. The number of likely N-dealkylation sites (tertiary alicyclic amines) is 1. The maximum atomic E-state index is 11.3. The van der Waals surface area contributed by atoms with E-state index < -0.39 is 15.8 Å². The van der Waals surface area contributed by atoms with Crippen LogP contribution < -0.4 is 0 Å². The van der Waals surface area contributed by atoms with Gasteiger partial charge in [0, 0.05) is 18.7 Å². The molecule has 1 atom stereocenters. The summed E-state index contributed by atoms with van der Waals surface area (Å²) < 4.78 is 22.7. The molecule has 1 heterocycles. The number of carboxylic acids is 1. The molecule has 0 radical (unpaired) electrons. The highest BCUT2D eigenvalue weighted by atomic mass is 32.2. The summed E-state index contributed by atoms with van der Waals surface area (Å²) in [4.78, 5) is 12.7. The number of hydrogen-bond donors (Lipinski definition) is 1. The van der Waals surface area contributed by atoms with Crippen LogP contribution in [0.2, 0.25) is 0 Å². The number of carbonyl (C=O) groups is 1. The predicted molar refractivity (Wildman–Crippen MR) is 70.4 cm³/mol. The minimum Gasteiger partial charge on any atom is -0.481 e. The van der Waals surface area contributed by atoms with Crippen LogP contribution in [0.3, 0.4) is 0 Å². The van der Waals surface area contributed by atoms with E-state index >= 15 is 0 Å². The fourth-order valence-electron chi connectivity index (χ4n) is 2.33. The second-order valence-corrected chi connectivity index (χ2v) is 7.45. The van der Waals surface area contributed by atoms with Crippen molar-refractivity contribution >= 4 is 15.8 Å². The van der Waals surface area contributed by atoms with Crippen molar-refractivity contribution in [2.45, 2.75) is 32.6 Å². The lowest BCUT2D eigenvalue weighted by Gasteiger charge is -2.15. The van der Waals surface area contributed by atoms with Crippen molar-refractivity contribution in [2.75, 3.05) is 31.1 Å². The average molecular weight is 277 g/mol. The lowest BCUT2D eigenvalue weighted by Crippen LogP contribution is -2.24. The van der Waals surface area contributed by atoms with E-state index in [-0.39, 0.29) is 17.9 Å². The van der Waals surface area contributed by atoms with Gasteiger partial charge in [-0.05, 0) is 38.3 Å². The molecule has 18 heavy (non-hydrogen) atoms. The molecule has 1 fully saturated rings. The molecule has 0 aliphatic carbocycles. The SMILES string of the molecule is CCS(=O)(=O)CCCN1CCC(CCC(=O)O)C1. The van der Waals surface area contributed by atoms with E-state index in [0.717, 1.165) is 32.5 Å². The minimum absolute atomic E-state index is 0.217. The van der Waals surface area contributed by atoms with E-state index in [0.29, 0.717) is 12.3 Å². The smallest absolute Gasteiger partial charge is 0.303 e. The van der Waals surface area contributed by atoms with E-state index in [9.17, 15) is 13.2 Å². The molecule has 106 valence electrons. The molecular formula is C12H23NO4S. The van der Waals surface area contributed by atoms with E-state index in [2.05, 4.69) is 4.90 Å². The van der Waals surface area contributed by atoms with Gasteiger partial charge in [-0.3, -0.25) is 4.79 Å². The Morgan fingerprint density at radius 1 is 1.44 bits per heavy atom. The van der Waals surface area contributed by atoms with Crippen molar-refractivity contribution in [1.29, 1.82) is 0 Å². The summed E-state index contributed by atoms with van der Waals surface area (Å²) in [6.07, 6.45) is 2.69. The Balaban J connectivity index is 2.17. The first-order chi connectivity index (χ1) is 8.43. The van der Waals surface area contributed by atoms with Gasteiger partial charge < -0.3 is 10.0 Å². The summed E-state index contributed by atoms with van der Waals surface area (Å²) in [7, 11) is -2.85. The van der Waals surface area contributed by atoms with Crippen molar-refractivity contribution in [2.24, 2.45) is 5.92 Å². The summed E-state index contributed by atoms with van der Waals surface area (Å²) in [5, 5.41) is 8.62. The Bertz CT molecular complexity index is 366. The van der Waals surface area contributed by atoms with Gasteiger partial charge >= 0.3 is 5.97 Å². The molecule has 1 aliphatic rings. The standard InChI is InChI=1S/C12H23NO4S/c1-2-18(16,17)9-3-7-13-8-6-11(10-13)4-5-12(14)15/h11H,2-10H2,1H3,(H,14,15). The van der Waals surface area contributed by atoms with Crippen LogP contribution in [0, 0.1) is 5.92 Å². The van der Waals surface area contributed by atoms with Crippen LogP contribution in [-0.2, 0) is 14.6 Å². The molecule has 1 N–H and O–H groups in total. The molecular weight excluding hydrogens is 254 g/mol. The fourth-order valence-corrected chi connectivity index (χ4v) is 3.19. The number of hydrogen-bond acceptors (Lipinski definition) is 4. The zero-order valence-electron chi connectivity index (χ0n) is 11.0. The molecule has 0 aromatic heterocycles. The molecule has 1 saturated heterocycles. The number of sulfone groups is 1.